The van der Waals surface area contributed by atoms with Crippen LogP contribution < -0.4 is 34.7 Å². The Bertz CT molecular complexity index is 242. The molecule has 2 N–H and O–H groups in total. The molecule has 0 saturated carbocycles. The van der Waals surface area contributed by atoms with E-state index < -0.39 is 5.97 Å². The van der Waals surface area contributed by atoms with Crippen molar-refractivity contribution in [3.8, 4) is 11.5 Å². The van der Waals surface area contributed by atoms with Crippen molar-refractivity contribution in [2.75, 3.05) is 0 Å². The van der Waals surface area contributed by atoms with Gasteiger partial charge in [-0.1, -0.05) is 12.1 Å². The minimum absolute atomic E-state index is 0. The molecule has 0 unspecified atom stereocenters. The number of hydrogen-bond donors (Lipinski definition) is 2. The molecule has 3 radical (unpaired) electrons. The molecular formula is C8H9BNaO4. The summed E-state index contributed by atoms with van der Waals surface area (Å²) in [5.41, 5.74) is 0. The van der Waals surface area contributed by atoms with Crippen molar-refractivity contribution in [3.05, 3.63) is 24.3 Å². The summed E-state index contributed by atoms with van der Waals surface area (Å²) in [5.74, 6) is -1.24. The van der Waals surface area contributed by atoms with Gasteiger partial charge in [0.15, 0.2) is 11.5 Å². The van der Waals surface area contributed by atoms with Crippen LogP contribution in [0.25, 0.3) is 0 Å². The summed E-state index contributed by atoms with van der Waals surface area (Å²) in [6.45, 7) is 0.972. The Kier molecular flexibility index (Phi) is 14.2. The molecule has 0 aliphatic carbocycles. The minimum atomic E-state index is -1.08. The van der Waals surface area contributed by atoms with Crippen LogP contribution in [0.3, 0.4) is 0 Å². The van der Waals surface area contributed by atoms with E-state index in [1.54, 1.807) is 12.1 Å². The van der Waals surface area contributed by atoms with Crippen molar-refractivity contribution in [2.24, 2.45) is 0 Å². The molecule has 14 heavy (non-hydrogen) atoms. The Morgan fingerprint density at radius 3 is 1.57 bits per heavy atom. The third-order valence-electron chi connectivity index (χ3n) is 0.882. The number of phenols is 2. The third kappa shape index (κ3) is 11.4. The third-order valence-corrected chi connectivity index (χ3v) is 0.882. The second-order valence-electron chi connectivity index (χ2n) is 1.98. The summed E-state index contributed by atoms with van der Waals surface area (Å²) in [6.07, 6.45) is 0. The van der Waals surface area contributed by atoms with Crippen molar-refractivity contribution >= 4 is 14.4 Å². The van der Waals surface area contributed by atoms with Crippen LogP contribution in [0.2, 0.25) is 0 Å². The molecule has 0 aromatic heterocycles. The first-order valence-electron chi connectivity index (χ1n) is 3.18. The molecule has 69 valence electrons. The van der Waals surface area contributed by atoms with Gasteiger partial charge in [0.2, 0.25) is 0 Å². The minimum Gasteiger partial charge on any atom is -0.550 e. The number of para-hydroxylation sites is 2. The van der Waals surface area contributed by atoms with Crippen molar-refractivity contribution < 1.29 is 49.7 Å². The SMILES string of the molecule is CC(=O)[O-].Oc1ccccc1O.[B].[Na+]. The molecule has 6 heteroatoms. The topological polar surface area (TPSA) is 80.6 Å². The number of hydrogen-bond acceptors (Lipinski definition) is 4. The number of carbonyl (C=O) groups is 1. The molecule has 0 heterocycles. The van der Waals surface area contributed by atoms with E-state index in [4.69, 9.17) is 20.1 Å². The van der Waals surface area contributed by atoms with Gasteiger partial charge >= 0.3 is 29.6 Å². The van der Waals surface area contributed by atoms with E-state index in [0.717, 1.165) is 6.92 Å². The summed E-state index contributed by atoms with van der Waals surface area (Å²) >= 11 is 0. The van der Waals surface area contributed by atoms with Gasteiger partial charge in [0.25, 0.3) is 0 Å². The fourth-order valence-electron chi connectivity index (χ4n) is 0.464. The molecule has 0 amide bonds. The molecule has 0 aliphatic rings. The van der Waals surface area contributed by atoms with Crippen LogP contribution in [-0.2, 0) is 4.79 Å². The zero-order valence-electron chi connectivity index (χ0n) is 8.10. The van der Waals surface area contributed by atoms with Crippen LogP contribution in [0.5, 0.6) is 11.5 Å². The van der Waals surface area contributed by atoms with E-state index in [9.17, 15) is 0 Å². The molecule has 0 aliphatic heterocycles. The van der Waals surface area contributed by atoms with Gasteiger partial charge in [-0.2, -0.15) is 0 Å². The molecule has 1 aromatic rings. The Morgan fingerprint density at radius 1 is 1.21 bits per heavy atom. The molecule has 0 spiro atoms. The molecule has 0 atom stereocenters. The van der Waals surface area contributed by atoms with Crippen LogP contribution in [-0.4, -0.2) is 24.6 Å². The number of carboxylic acids is 1. The van der Waals surface area contributed by atoms with Gasteiger partial charge in [-0.3, -0.25) is 0 Å². The van der Waals surface area contributed by atoms with Crippen LogP contribution in [0, 0.1) is 0 Å². The van der Waals surface area contributed by atoms with Gasteiger partial charge in [-0.05, 0) is 19.1 Å². The molecule has 0 saturated heterocycles. The normalized spacial score (nSPS) is 6.93. The van der Waals surface area contributed by atoms with Crippen LogP contribution in [0.4, 0.5) is 0 Å². The second-order valence-corrected chi connectivity index (χ2v) is 1.98. The quantitative estimate of drug-likeness (QED) is 0.338. The summed E-state index contributed by atoms with van der Waals surface area (Å²) < 4.78 is 0. The number of aromatic hydroxyl groups is 2. The smallest absolute Gasteiger partial charge is 0.550 e. The average Bonchev–Trinajstić information content (AvgIpc) is 1.94. The van der Waals surface area contributed by atoms with E-state index in [-0.39, 0.29) is 49.5 Å². The first-order valence-corrected chi connectivity index (χ1v) is 3.18. The second kappa shape index (κ2) is 10.4. The van der Waals surface area contributed by atoms with Gasteiger partial charge < -0.3 is 20.1 Å². The van der Waals surface area contributed by atoms with Crippen molar-refractivity contribution in [1.82, 2.24) is 0 Å². The van der Waals surface area contributed by atoms with Gasteiger partial charge in [0.05, 0.1) is 0 Å². The number of carbonyl (C=O) groups excluding carboxylic acids is 1. The molecular weight excluding hydrogens is 194 g/mol. The fourth-order valence-corrected chi connectivity index (χ4v) is 0.464. The number of carboxylic acid groups (broad SMARTS) is 1. The number of benzene rings is 1. The maximum absolute atomic E-state index is 8.89. The number of phenolic OH excluding ortho intramolecular Hbond substituents is 2. The van der Waals surface area contributed by atoms with E-state index in [0.29, 0.717) is 0 Å². The number of rotatable bonds is 0. The summed E-state index contributed by atoms with van der Waals surface area (Å²) in [4.78, 5) is 8.89. The van der Waals surface area contributed by atoms with Crippen molar-refractivity contribution in [3.63, 3.8) is 0 Å². The van der Waals surface area contributed by atoms with Crippen molar-refractivity contribution in [2.45, 2.75) is 6.92 Å². The molecule has 1 rings (SSSR count). The maximum Gasteiger partial charge on any atom is 1.00 e. The standard InChI is InChI=1S/C6H6O2.C2H4O2.B.Na/c7-5-3-1-2-4-6(5)8;1-2(3)4;;/h1-4,7-8H;1H3,(H,3,4);;/q;;;+1/p-1. The van der Waals surface area contributed by atoms with Gasteiger partial charge in [0, 0.05) is 14.4 Å². The first kappa shape index (κ1) is 19.0. The van der Waals surface area contributed by atoms with Crippen LogP contribution >= 0.6 is 0 Å². The molecule has 0 fully saturated rings. The van der Waals surface area contributed by atoms with Crippen LogP contribution in [0.1, 0.15) is 6.92 Å². The zero-order chi connectivity index (χ0) is 9.56. The van der Waals surface area contributed by atoms with Gasteiger partial charge in [0.1, 0.15) is 0 Å². The zero-order valence-corrected chi connectivity index (χ0v) is 10.1. The molecule has 4 nitrogen and oxygen atoms in total. The van der Waals surface area contributed by atoms with E-state index in [2.05, 4.69) is 0 Å². The Morgan fingerprint density at radius 2 is 1.43 bits per heavy atom. The van der Waals surface area contributed by atoms with E-state index >= 15 is 0 Å². The number of aliphatic carboxylic acids is 1. The van der Waals surface area contributed by atoms with E-state index in [1.165, 1.54) is 12.1 Å². The summed E-state index contributed by atoms with van der Waals surface area (Å²) in [5, 5.41) is 26.2. The predicted molar refractivity (Wildman–Crippen MR) is 46.2 cm³/mol. The van der Waals surface area contributed by atoms with Crippen molar-refractivity contribution in [1.29, 1.82) is 0 Å². The monoisotopic (exact) mass is 203 g/mol. The summed E-state index contributed by atoms with van der Waals surface area (Å²) in [6, 6.07) is 6.15. The van der Waals surface area contributed by atoms with Gasteiger partial charge in [-0.25, -0.2) is 0 Å². The largest absolute Gasteiger partial charge is 1.00 e. The fraction of sp³-hybridized carbons (Fsp3) is 0.125. The molecule has 1 aromatic carbocycles. The van der Waals surface area contributed by atoms with Gasteiger partial charge in [-0.15, -0.1) is 0 Å². The molecule has 0 bridgehead atoms. The Labute approximate surface area is 106 Å². The summed E-state index contributed by atoms with van der Waals surface area (Å²) in [7, 11) is 0. The maximum atomic E-state index is 8.89. The first-order chi connectivity index (χ1) is 5.54. The van der Waals surface area contributed by atoms with E-state index in [1.807, 2.05) is 0 Å². The van der Waals surface area contributed by atoms with Crippen LogP contribution in [0.15, 0.2) is 24.3 Å². The Hall–Kier alpha value is -0.645. The Balaban J connectivity index is -0.000000180. The predicted octanol–water partition coefficient (Wildman–Crippen LogP) is -3.52. The average molecular weight is 203 g/mol.